The molecule has 18 heavy (non-hydrogen) atoms. The molecule has 0 aliphatic rings. The molecule has 0 aromatic heterocycles. The molecule has 0 heterocycles. The Labute approximate surface area is 108 Å². The third kappa shape index (κ3) is 2.56. The standard InChI is InChI=1S/C13H11F2NOS/c1-17-10-3-2-4-11(13(10)16)18-12-7-8(14)5-6-9(12)15/h2-7H,16H2,1H3. The van der Waals surface area contributed by atoms with Crippen LogP contribution in [0.4, 0.5) is 14.5 Å². The topological polar surface area (TPSA) is 35.2 Å². The van der Waals surface area contributed by atoms with Crippen LogP contribution < -0.4 is 10.5 Å². The maximum Gasteiger partial charge on any atom is 0.142 e. The number of anilines is 1. The van der Waals surface area contributed by atoms with Gasteiger partial charge in [0.05, 0.1) is 17.7 Å². The van der Waals surface area contributed by atoms with Gasteiger partial charge in [-0.25, -0.2) is 8.78 Å². The number of nitrogen functional groups attached to an aromatic ring is 1. The van der Waals surface area contributed by atoms with Crippen LogP contribution in [0.3, 0.4) is 0 Å². The van der Waals surface area contributed by atoms with Crippen molar-refractivity contribution in [2.75, 3.05) is 12.8 Å². The SMILES string of the molecule is COc1cccc(Sc2cc(F)ccc2F)c1N. The summed E-state index contributed by atoms with van der Waals surface area (Å²) in [6, 6.07) is 8.49. The first-order valence-corrected chi connectivity index (χ1v) is 5.99. The van der Waals surface area contributed by atoms with Gasteiger partial charge in [-0.1, -0.05) is 17.8 Å². The molecule has 2 rings (SSSR count). The molecule has 0 aliphatic carbocycles. The van der Waals surface area contributed by atoms with Crippen LogP contribution in [0.2, 0.25) is 0 Å². The number of rotatable bonds is 3. The summed E-state index contributed by atoms with van der Waals surface area (Å²) in [5, 5.41) is 0. The summed E-state index contributed by atoms with van der Waals surface area (Å²) < 4.78 is 31.6. The van der Waals surface area contributed by atoms with Crippen molar-refractivity contribution in [1.29, 1.82) is 0 Å². The summed E-state index contributed by atoms with van der Waals surface area (Å²) in [5.74, 6) is -0.458. The zero-order valence-corrected chi connectivity index (χ0v) is 10.4. The van der Waals surface area contributed by atoms with Gasteiger partial charge in [-0.2, -0.15) is 0 Å². The summed E-state index contributed by atoms with van der Waals surface area (Å²) in [6.45, 7) is 0. The number of hydrogen-bond acceptors (Lipinski definition) is 3. The predicted octanol–water partition coefficient (Wildman–Crippen LogP) is 3.71. The molecule has 0 saturated heterocycles. The molecular weight excluding hydrogens is 256 g/mol. The van der Waals surface area contributed by atoms with Crippen molar-refractivity contribution in [1.82, 2.24) is 0 Å². The molecule has 0 radical (unpaired) electrons. The highest BCUT2D eigenvalue weighted by Crippen LogP contribution is 2.37. The van der Waals surface area contributed by atoms with Crippen molar-refractivity contribution in [3.05, 3.63) is 48.0 Å². The van der Waals surface area contributed by atoms with Gasteiger partial charge in [-0.05, 0) is 30.3 Å². The van der Waals surface area contributed by atoms with E-state index in [1.54, 1.807) is 18.2 Å². The van der Waals surface area contributed by atoms with Gasteiger partial charge in [0.1, 0.15) is 17.4 Å². The first-order chi connectivity index (χ1) is 8.61. The van der Waals surface area contributed by atoms with Gasteiger partial charge in [-0.15, -0.1) is 0 Å². The molecule has 2 nitrogen and oxygen atoms in total. The number of halogens is 2. The molecule has 0 amide bonds. The summed E-state index contributed by atoms with van der Waals surface area (Å²) >= 11 is 1.06. The van der Waals surface area contributed by atoms with Crippen LogP contribution in [-0.2, 0) is 0 Å². The van der Waals surface area contributed by atoms with Crippen LogP contribution in [0.25, 0.3) is 0 Å². The molecule has 0 saturated carbocycles. The highest BCUT2D eigenvalue weighted by molar-refractivity contribution is 7.99. The van der Waals surface area contributed by atoms with E-state index in [2.05, 4.69) is 0 Å². The largest absolute Gasteiger partial charge is 0.495 e. The molecule has 0 atom stereocenters. The quantitative estimate of drug-likeness (QED) is 0.861. The zero-order chi connectivity index (χ0) is 13.1. The van der Waals surface area contributed by atoms with E-state index in [-0.39, 0.29) is 4.90 Å². The van der Waals surface area contributed by atoms with Gasteiger partial charge < -0.3 is 10.5 Å². The van der Waals surface area contributed by atoms with E-state index in [1.165, 1.54) is 7.11 Å². The lowest BCUT2D eigenvalue weighted by atomic mass is 10.3. The average Bonchev–Trinajstić information content (AvgIpc) is 2.36. The van der Waals surface area contributed by atoms with E-state index < -0.39 is 11.6 Å². The number of ether oxygens (including phenoxy) is 1. The second kappa shape index (κ2) is 5.27. The first-order valence-electron chi connectivity index (χ1n) is 5.17. The van der Waals surface area contributed by atoms with Gasteiger partial charge in [0.2, 0.25) is 0 Å². The second-order valence-electron chi connectivity index (χ2n) is 3.55. The Morgan fingerprint density at radius 3 is 2.61 bits per heavy atom. The molecule has 0 unspecified atom stereocenters. The Morgan fingerprint density at radius 1 is 1.11 bits per heavy atom. The third-order valence-corrected chi connectivity index (χ3v) is 3.47. The molecule has 5 heteroatoms. The van der Waals surface area contributed by atoms with Crippen molar-refractivity contribution < 1.29 is 13.5 Å². The number of nitrogens with two attached hydrogens (primary N) is 1. The minimum atomic E-state index is -0.486. The van der Waals surface area contributed by atoms with Gasteiger partial charge >= 0.3 is 0 Å². The second-order valence-corrected chi connectivity index (χ2v) is 4.63. The van der Waals surface area contributed by atoms with Gasteiger partial charge in [-0.3, -0.25) is 0 Å². The minimum Gasteiger partial charge on any atom is -0.495 e. The van der Waals surface area contributed by atoms with Crippen LogP contribution in [0.1, 0.15) is 0 Å². The van der Waals surface area contributed by atoms with E-state index >= 15 is 0 Å². The summed E-state index contributed by atoms with van der Waals surface area (Å²) in [6.07, 6.45) is 0. The lowest BCUT2D eigenvalue weighted by Gasteiger charge is -2.09. The monoisotopic (exact) mass is 267 g/mol. The van der Waals surface area contributed by atoms with Gasteiger partial charge in [0, 0.05) is 4.90 Å². The van der Waals surface area contributed by atoms with Crippen molar-refractivity contribution in [3.8, 4) is 5.75 Å². The molecule has 2 N–H and O–H groups in total. The fourth-order valence-corrected chi connectivity index (χ4v) is 2.40. The van der Waals surface area contributed by atoms with Crippen LogP contribution in [0.5, 0.6) is 5.75 Å². The molecule has 94 valence electrons. The summed E-state index contributed by atoms with van der Waals surface area (Å²) in [7, 11) is 1.50. The first kappa shape index (κ1) is 12.7. The molecule has 2 aromatic carbocycles. The lowest BCUT2D eigenvalue weighted by molar-refractivity contribution is 0.416. The number of methoxy groups -OCH3 is 1. The zero-order valence-electron chi connectivity index (χ0n) is 9.61. The fraction of sp³-hybridized carbons (Fsp3) is 0.0769. The Kier molecular flexibility index (Phi) is 3.72. The normalized spacial score (nSPS) is 10.4. The predicted molar refractivity (Wildman–Crippen MR) is 67.9 cm³/mol. The Bertz CT molecular complexity index is 575. The molecule has 0 bridgehead atoms. The Hall–Kier alpha value is -1.75. The van der Waals surface area contributed by atoms with Crippen LogP contribution >= 0.6 is 11.8 Å². The van der Waals surface area contributed by atoms with E-state index in [1.807, 2.05) is 0 Å². The maximum atomic E-state index is 13.5. The highest BCUT2D eigenvalue weighted by atomic mass is 32.2. The molecule has 0 spiro atoms. The molecule has 2 aromatic rings. The number of hydrogen-bond donors (Lipinski definition) is 1. The highest BCUT2D eigenvalue weighted by Gasteiger charge is 2.10. The van der Waals surface area contributed by atoms with E-state index in [4.69, 9.17) is 10.5 Å². The average molecular weight is 267 g/mol. The summed E-state index contributed by atoms with van der Waals surface area (Å²) in [5.41, 5.74) is 6.28. The number of para-hydroxylation sites is 1. The van der Waals surface area contributed by atoms with Crippen LogP contribution in [0.15, 0.2) is 46.2 Å². The molecule has 0 fully saturated rings. The number of benzene rings is 2. The van der Waals surface area contributed by atoms with Gasteiger partial charge in [0.25, 0.3) is 0 Å². The van der Waals surface area contributed by atoms with Crippen molar-refractivity contribution in [3.63, 3.8) is 0 Å². The van der Waals surface area contributed by atoms with Gasteiger partial charge in [0.15, 0.2) is 0 Å². The Balaban J connectivity index is 2.37. The van der Waals surface area contributed by atoms with E-state index in [0.717, 1.165) is 30.0 Å². The van der Waals surface area contributed by atoms with E-state index in [0.29, 0.717) is 16.3 Å². The van der Waals surface area contributed by atoms with Crippen LogP contribution in [0, 0.1) is 11.6 Å². The smallest absolute Gasteiger partial charge is 0.142 e. The van der Waals surface area contributed by atoms with E-state index in [9.17, 15) is 8.78 Å². The van der Waals surface area contributed by atoms with Crippen molar-refractivity contribution in [2.45, 2.75) is 9.79 Å². The fourth-order valence-electron chi connectivity index (χ4n) is 1.46. The lowest BCUT2D eigenvalue weighted by Crippen LogP contribution is -1.94. The summed E-state index contributed by atoms with van der Waals surface area (Å²) in [4.78, 5) is 0.814. The third-order valence-electron chi connectivity index (χ3n) is 2.36. The maximum absolute atomic E-state index is 13.5. The Morgan fingerprint density at radius 2 is 1.89 bits per heavy atom. The minimum absolute atomic E-state index is 0.190. The molecular formula is C13H11F2NOS. The molecule has 0 aliphatic heterocycles. The van der Waals surface area contributed by atoms with Crippen molar-refractivity contribution in [2.24, 2.45) is 0 Å². The van der Waals surface area contributed by atoms with Crippen molar-refractivity contribution >= 4 is 17.4 Å². The van der Waals surface area contributed by atoms with Crippen LogP contribution in [-0.4, -0.2) is 7.11 Å².